The Kier molecular flexibility index (Phi) is 5.74. The van der Waals surface area contributed by atoms with Gasteiger partial charge in [-0.1, -0.05) is 26.2 Å². The van der Waals surface area contributed by atoms with Gasteiger partial charge in [-0.3, -0.25) is 13.6 Å². The third-order valence-electron chi connectivity index (χ3n) is 5.04. The fourth-order valence-corrected chi connectivity index (χ4v) is 4.56. The summed E-state index contributed by atoms with van der Waals surface area (Å²) in [4.78, 5) is 22.3. The summed E-state index contributed by atoms with van der Waals surface area (Å²) in [5.74, 6) is 0.617. The number of nitrogens with one attached hydrogen (secondary N) is 1. The third kappa shape index (κ3) is 3.96. The molecular formula is C16H25N6O6P. The highest BCUT2D eigenvalue weighted by atomic mass is 31.2. The van der Waals surface area contributed by atoms with Gasteiger partial charge in [-0.05, 0) is 6.42 Å². The number of aliphatic hydroxyl groups is 1. The molecule has 4 rings (SSSR count). The fourth-order valence-electron chi connectivity index (χ4n) is 3.59. The minimum atomic E-state index is -4.22. The van der Waals surface area contributed by atoms with Crippen molar-refractivity contribution in [2.75, 3.05) is 24.2 Å². The lowest BCUT2D eigenvalue weighted by molar-refractivity contribution is -0.0659. The van der Waals surface area contributed by atoms with E-state index in [0.717, 1.165) is 25.7 Å². The molecule has 2 aliphatic rings. The number of anilines is 2. The van der Waals surface area contributed by atoms with Gasteiger partial charge in [0.1, 0.15) is 24.6 Å². The molecule has 2 fully saturated rings. The number of nitrogens with two attached hydrogens (primary N) is 1. The molecule has 0 bridgehead atoms. The van der Waals surface area contributed by atoms with Crippen molar-refractivity contribution in [3.63, 3.8) is 0 Å². The van der Waals surface area contributed by atoms with Crippen LogP contribution >= 0.6 is 7.82 Å². The van der Waals surface area contributed by atoms with Gasteiger partial charge in [0.05, 0.1) is 6.61 Å². The average molecular weight is 428 g/mol. The third-order valence-corrected chi connectivity index (χ3v) is 6.02. The van der Waals surface area contributed by atoms with Crippen LogP contribution in [0.2, 0.25) is 0 Å². The second kappa shape index (κ2) is 8.13. The van der Waals surface area contributed by atoms with Gasteiger partial charge >= 0.3 is 7.82 Å². The Labute approximate surface area is 167 Å². The van der Waals surface area contributed by atoms with Crippen molar-refractivity contribution in [1.82, 2.24) is 19.5 Å². The molecule has 160 valence electrons. The van der Waals surface area contributed by atoms with Crippen molar-refractivity contribution in [3.8, 4) is 0 Å². The highest BCUT2D eigenvalue weighted by Crippen LogP contribution is 2.52. The van der Waals surface area contributed by atoms with E-state index < -0.39 is 32.4 Å². The van der Waals surface area contributed by atoms with Crippen LogP contribution in [0.5, 0.6) is 0 Å². The van der Waals surface area contributed by atoms with Crippen molar-refractivity contribution in [2.24, 2.45) is 0 Å². The first-order valence-electron chi connectivity index (χ1n) is 9.63. The van der Waals surface area contributed by atoms with Crippen LogP contribution in [0.1, 0.15) is 38.8 Å². The number of imidazole rings is 1. The van der Waals surface area contributed by atoms with Gasteiger partial charge in [-0.15, -0.1) is 0 Å². The highest BCUT2D eigenvalue weighted by molar-refractivity contribution is 7.47. The predicted octanol–water partition coefficient (Wildman–Crippen LogP) is 1.17. The lowest BCUT2D eigenvalue weighted by atomic mass is 10.1. The summed E-state index contributed by atoms with van der Waals surface area (Å²) < 4.78 is 29.1. The smallest absolute Gasteiger partial charge is 0.386 e. The van der Waals surface area contributed by atoms with E-state index >= 15 is 0 Å². The SMILES string of the molecule is CCCCCCNc1nc2c(N)ncnc2n1[C@@H]1O[C@@H]2COP(=O)(O)O[C@H]2[C@H]1O. The largest absolute Gasteiger partial charge is 0.472 e. The lowest BCUT2D eigenvalue weighted by Crippen LogP contribution is -2.39. The van der Waals surface area contributed by atoms with Crippen LogP contribution in [-0.4, -0.2) is 61.0 Å². The molecule has 2 aromatic heterocycles. The van der Waals surface area contributed by atoms with Crippen LogP contribution in [0.3, 0.4) is 0 Å². The number of aromatic nitrogens is 4. The van der Waals surface area contributed by atoms with Crippen LogP contribution < -0.4 is 11.1 Å². The van der Waals surface area contributed by atoms with Crippen LogP contribution in [0.25, 0.3) is 11.2 Å². The summed E-state index contributed by atoms with van der Waals surface area (Å²) >= 11 is 0. The fraction of sp³-hybridized carbons (Fsp3) is 0.688. The second-order valence-corrected chi connectivity index (χ2v) is 8.52. The van der Waals surface area contributed by atoms with Crippen LogP contribution in [-0.2, 0) is 18.3 Å². The quantitative estimate of drug-likeness (QED) is 0.369. The number of fused-ring (bicyclic) bond motifs is 2. The Balaban J connectivity index is 1.64. The summed E-state index contributed by atoms with van der Waals surface area (Å²) in [6.07, 6.45) is 1.68. The van der Waals surface area contributed by atoms with E-state index in [0.29, 0.717) is 23.7 Å². The second-order valence-electron chi connectivity index (χ2n) is 7.11. The molecule has 5 atom stereocenters. The van der Waals surface area contributed by atoms with Crippen LogP contribution in [0.15, 0.2) is 6.33 Å². The summed E-state index contributed by atoms with van der Waals surface area (Å²) in [5.41, 5.74) is 6.70. The molecule has 13 heteroatoms. The Morgan fingerprint density at radius 2 is 2.21 bits per heavy atom. The molecule has 5 N–H and O–H groups in total. The predicted molar refractivity (Wildman–Crippen MR) is 103 cm³/mol. The van der Waals surface area contributed by atoms with Crippen molar-refractivity contribution in [3.05, 3.63) is 6.33 Å². The van der Waals surface area contributed by atoms with E-state index in [4.69, 9.17) is 19.5 Å². The van der Waals surface area contributed by atoms with E-state index in [2.05, 4.69) is 27.2 Å². The first kappa shape index (κ1) is 20.5. The normalized spacial score (nSPS) is 31.8. The number of nitrogen functional groups attached to an aromatic ring is 1. The van der Waals surface area contributed by atoms with Gasteiger partial charge in [-0.25, -0.2) is 19.5 Å². The van der Waals surface area contributed by atoms with Gasteiger partial charge in [0.25, 0.3) is 0 Å². The number of rotatable bonds is 7. The molecule has 2 saturated heterocycles. The Hall–Kier alpha value is -1.82. The highest BCUT2D eigenvalue weighted by Gasteiger charge is 2.53. The molecular weight excluding hydrogens is 403 g/mol. The molecule has 12 nitrogen and oxygen atoms in total. The molecule has 2 aromatic rings. The van der Waals surface area contributed by atoms with Crippen molar-refractivity contribution in [2.45, 2.75) is 57.1 Å². The van der Waals surface area contributed by atoms with E-state index in [1.165, 1.54) is 6.33 Å². The van der Waals surface area contributed by atoms with E-state index in [1.807, 2.05) is 0 Å². The summed E-state index contributed by atoms with van der Waals surface area (Å²) in [6, 6.07) is 0. The zero-order valence-corrected chi connectivity index (χ0v) is 16.9. The van der Waals surface area contributed by atoms with E-state index in [9.17, 15) is 14.6 Å². The maximum absolute atomic E-state index is 11.7. The maximum atomic E-state index is 11.7. The number of unbranched alkanes of at least 4 members (excludes halogenated alkanes) is 3. The Morgan fingerprint density at radius 1 is 1.38 bits per heavy atom. The number of phosphoric ester groups is 1. The number of ether oxygens (including phenoxy) is 1. The molecule has 2 aliphatic heterocycles. The van der Waals surface area contributed by atoms with Gasteiger partial charge < -0.3 is 25.8 Å². The number of phosphoric acid groups is 1. The minimum Gasteiger partial charge on any atom is -0.386 e. The van der Waals surface area contributed by atoms with Gasteiger partial charge in [0.15, 0.2) is 23.2 Å². The van der Waals surface area contributed by atoms with Gasteiger partial charge in [-0.2, -0.15) is 0 Å². The molecule has 0 amide bonds. The number of hydrogen-bond donors (Lipinski definition) is 4. The Bertz CT molecular complexity index is 925. The zero-order valence-electron chi connectivity index (χ0n) is 16.0. The Morgan fingerprint density at radius 3 is 3.00 bits per heavy atom. The lowest BCUT2D eigenvalue weighted by Gasteiger charge is -2.27. The van der Waals surface area contributed by atoms with E-state index in [-0.39, 0.29) is 12.4 Å². The van der Waals surface area contributed by atoms with Crippen LogP contribution in [0.4, 0.5) is 11.8 Å². The van der Waals surface area contributed by atoms with E-state index in [1.54, 1.807) is 4.57 Å². The number of hydrogen-bond acceptors (Lipinski definition) is 10. The van der Waals surface area contributed by atoms with Crippen LogP contribution in [0, 0.1) is 0 Å². The van der Waals surface area contributed by atoms with Crippen molar-refractivity contribution < 1.29 is 28.3 Å². The average Bonchev–Trinajstić information content (AvgIpc) is 3.19. The molecule has 0 radical (unpaired) electrons. The first-order chi connectivity index (χ1) is 13.9. The number of nitrogens with zero attached hydrogens (tertiary/aromatic N) is 4. The molecule has 4 heterocycles. The number of aliphatic hydroxyl groups excluding tert-OH is 1. The molecule has 1 unspecified atom stereocenters. The molecule has 0 aromatic carbocycles. The summed E-state index contributed by atoms with van der Waals surface area (Å²) in [5, 5.41) is 14.0. The summed E-state index contributed by atoms with van der Waals surface area (Å²) in [6.45, 7) is 2.64. The topological polar surface area (TPSA) is 167 Å². The standard InChI is InChI=1S/C16H25N6O6P/c1-2-3-4-5-6-18-16-21-10-13(17)19-8-20-14(10)22(16)15-11(23)12-9(27-15)7-26-29(24,25)28-12/h8-9,11-12,15,23H,2-7H2,1H3,(H,18,21)(H,24,25)(H2,17,19,20)/t9-,11-,12-,15-/m1/s1. The van der Waals surface area contributed by atoms with Gasteiger partial charge in [0, 0.05) is 6.54 Å². The maximum Gasteiger partial charge on any atom is 0.472 e. The monoisotopic (exact) mass is 428 g/mol. The van der Waals surface area contributed by atoms with Crippen molar-refractivity contribution in [1.29, 1.82) is 0 Å². The summed E-state index contributed by atoms with van der Waals surface area (Å²) in [7, 11) is -4.22. The van der Waals surface area contributed by atoms with Crippen molar-refractivity contribution >= 4 is 30.8 Å². The molecule has 29 heavy (non-hydrogen) atoms. The molecule has 0 spiro atoms. The minimum absolute atomic E-state index is 0.171. The zero-order chi connectivity index (χ0) is 20.6. The molecule has 0 saturated carbocycles. The van der Waals surface area contributed by atoms with Gasteiger partial charge in [0.2, 0.25) is 5.95 Å². The molecule has 0 aliphatic carbocycles. The first-order valence-corrected chi connectivity index (χ1v) is 11.1.